The number of fused-ring (bicyclic) bond motifs is 1. The van der Waals surface area contributed by atoms with Crippen molar-refractivity contribution in [3.63, 3.8) is 0 Å². The van der Waals surface area contributed by atoms with Crippen molar-refractivity contribution >= 4 is 5.91 Å². The molecule has 1 aliphatic heterocycles. The van der Waals surface area contributed by atoms with Crippen LogP contribution < -0.4 is 4.74 Å². The third kappa shape index (κ3) is 1.56. The number of ether oxygens (including phenoxy) is 1. The first-order chi connectivity index (χ1) is 7.54. The average Bonchev–Trinajstić information content (AvgIpc) is 2.54. The van der Waals surface area contributed by atoms with E-state index in [-0.39, 0.29) is 11.9 Å². The molecule has 0 N–H and O–H groups in total. The maximum absolute atomic E-state index is 12.1. The molecule has 1 aromatic carbocycles. The standard InChI is InChI=1S/C13H17NO2/c1-8(2)14-7-10-5-9(3)12(16-4)6-11(10)13(14)15/h5-6,8H,7H2,1-4H3. The highest BCUT2D eigenvalue weighted by Gasteiger charge is 2.29. The molecule has 3 nitrogen and oxygen atoms in total. The molecule has 3 heteroatoms. The van der Waals surface area contributed by atoms with Crippen molar-refractivity contribution in [1.29, 1.82) is 0 Å². The summed E-state index contributed by atoms with van der Waals surface area (Å²) in [4.78, 5) is 14.0. The summed E-state index contributed by atoms with van der Waals surface area (Å²) in [7, 11) is 1.63. The van der Waals surface area contributed by atoms with E-state index in [0.717, 1.165) is 29.0 Å². The van der Waals surface area contributed by atoms with Crippen LogP contribution in [0.15, 0.2) is 12.1 Å². The van der Waals surface area contributed by atoms with Gasteiger partial charge in [-0.25, -0.2) is 0 Å². The van der Waals surface area contributed by atoms with Gasteiger partial charge < -0.3 is 9.64 Å². The van der Waals surface area contributed by atoms with Crippen LogP contribution >= 0.6 is 0 Å². The van der Waals surface area contributed by atoms with Gasteiger partial charge in [0.05, 0.1) is 7.11 Å². The van der Waals surface area contributed by atoms with Crippen molar-refractivity contribution in [2.24, 2.45) is 0 Å². The fraction of sp³-hybridized carbons (Fsp3) is 0.462. The summed E-state index contributed by atoms with van der Waals surface area (Å²) in [5, 5.41) is 0. The number of rotatable bonds is 2. The molecular weight excluding hydrogens is 202 g/mol. The van der Waals surface area contributed by atoms with Crippen LogP contribution in [-0.2, 0) is 6.54 Å². The maximum atomic E-state index is 12.1. The van der Waals surface area contributed by atoms with E-state index in [0.29, 0.717) is 0 Å². The highest BCUT2D eigenvalue weighted by molar-refractivity contribution is 5.99. The summed E-state index contributed by atoms with van der Waals surface area (Å²) >= 11 is 0. The van der Waals surface area contributed by atoms with Gasteiger partial charge in [-0.15, -0.1) is 0 Å². The molecule has 1 heterocycles. The molecule has 0 radical (unpaired) electrons. The first-order valence-corrected chi connectivity index (χ1v) is 5.53. The smallest absolute Gasteiger partial charge is 0.254 e. The topological polar surface area (TPSA) is 29.5 Å². The molecule has 0 saturated carbocycles. The van der Waals surface area contributed by atoms with E-state index in [9.17, 15) is 4.79 Å². The number of nitrogens with zero attached hydrogens (tertiary/aromatic N) is 1. The van der Waals surface area contributed by atoms with Gasteiger partial charge in [0.15, 0.2) is 0 Å². The molecular formula is C13H17NO2. The first kappa shape index (κ1) is 11.0. The largest absolute Gasteiger partial charge is 0.496 e. The van der Waals surface area contributed by atoms with Crippen LogP contribution in [0.1, 0.15) is 35.3 Å². The minimum atomic E-state index is 0.114. The minimum absolute atomic E-state index is 0.114. The zero-order valence-electron chi connectivity index (χ0n) is 10.2. The predicted molar refractivity (Wildman–Crippen MR) is 62.7 cm³/mol. The second-order valence-corrected chi connectivity index (χ2v) is 4.51. The Balaban J connectivity index is 2.45. The van der Waals surface area contributed by atoms with Gasteiger partial charge in [-0.2, -0.15) is 0 Å². The Morgan fingerprint density at radius 1 is 1.38 bits per heavy atom. The normalized spacial score (nSPS) is 14.6. The van der Waals surface area contributed by atoms with Gasteiger partial charge >= 0.3 is 0 Å². The molecule has 86 valence electrons. The Kier molecular flexibility index (Phi) is 2.62. The number of carbonyl (C=O) groups is 1. The summed E-state index contributed by atoms with van der Waals surface area (Å²) in [6, 6.07) is 4.15. The van der Waals surface area contributed by atoms with Crippen molar-refractivity contribution in [3.8, 4) is 5.75 Å². The Morgan fingerprint density at radius 2 is 2.06 bits per heavy atom. The van der Waals surface area contributed by atoms with Crippen LogP contribution in [0.4, 0.5) is 0 Å². The summed E-state index contributed by atoms with van der Waals surface area (Å²) in [6.45, 7) is 6.79. The molecule has 0 unspecified atom stereocenters. The molecule has 0 aromatic heterocycles. The van der Waals surface area contributed by atoms with Gasteiger partial charge in [-0.1, -0.05) is 0 Å². The highest BCUT2D eigenvalue weighted by Crippen LogP contribution is 2.30. The summed E-state index contributed by atoms with van der Waals surface area (Å²) in [6.07, 6.45) is 0. The average molecular weight is 219 g/mol. The third-order valence-corrected chi connectivity index (χ3v) is 3.08. The van der Waals surface area contributed by atoms with E-state index >= 15 is 0 Å². The number of methoxy groups -OCH3 is 1. The molecule has 0 saturated heterocycles. The van der Waals surface area contributed by atoms with Crippen molar-refractivity contribution < 1.29 is 9.53 Å². The molecule has 0 atom stereocenters. The van der Waals surface area contributed by atoms with Gasteiger partial charge in [-0.3, -0.25) is 4.79 Å². The van der Waals surface area contributed by atoms with Gasteiger partial charge in [-0.05, 0) is 44.0 Å². The Labute approximate surface area is 96.0 Å². The number of carbonyl (C=O) groups excluding carboxylic acids is 1. The minimum Gasteiger partial charge on any atom is -0.496 e. The lowest BCUT2D eigenvalue weighted by Gasteiger charge is -2.19. The first-order valence-electron chi connectivity index (χ1n) is 5.53. The van der Waals surface area contributed by atoms with Crippen LogP contribution in [0.5, 0.6) is 5.75 Å². The van der Waals surface area contributed by atoms with E-state index in [1.54, 1.807) is 7.11 Å². The molecule has 0 aliphatic carbocycles. The lowest BCUT2D eigenvalue weighted by atomic mass is 10.1. The zero-order valence-corrected chi connectivity index (χ0v) is 10.2. The van der Waals surface area contributed by atoms with E-state index in [1.165, 1.54) is 0 Å². The van der Waals surface area contributed by atoms with E-state index in [2.05, 4.69) is 6.07 Å². The maximum Gasteiger partial charge on any atom is 0.254 e. The van der Waals surface area contributed by atoms with E-state index in [1.807, 2.05) is 31.7 Å². The molecule has 0 spiro atoms. The van der Waals surface area contributed by atoms with Gasteiger partial charge in [0, 0.05) is 18.2 Å². The summed E-state index contributed by atoms with van der Waals surface area (Å²) < 4.78 is 5.24. The molecule has 0 fully saturated rings. The number of benzene rings is 1. The van der Waals surface area contributed by atoms with Gasteiger partial charge in [0.2, 0.25) is 0 Å². The third-order valence-electron chi connectivity index (χ3n) is 3.08. The quantitative estimate of drug-likeness (QED) is 0.764. The van der Waals surface area contributed by atoms with Crippen LogP contribution in [-0.4, -0.2) is 24.0 Å². The SMILES string of the molecule is COc1cc2c(cc1C)CN(C(C)C)C2=O. The highest BCUT2D eigenvalue weighted by atomic mass is 16.5. The van der Waals surface area contributed by atoms with E-state index < -0.39 is 0 Å². The fourth-order valence-electron chi connectivity index (χ4n) is 2.12. The molecule has 1 aliphatic rings. The Hall–Kier alpha value is -1.51. The molecule has 1 aromatic rings. The summed E-state index contributed by atoms with van der Waals surface area (Å²) in [5.41, 5.74) is 2.98. The Morgan fingerprint density at radius 3 is 2.62 bits per heavy atom. The number of amides is 1. The molecule has 1 amide bonds. The van der Waals surface area contributed by atoms with Crippen LogP contribution in [0.2, 0.25) is 0 Å². The van der Waals surface area contributed by atoms with Crippen molar-refractivity contribution in [3.05, 3.63) is 28.8 Å². The second kappa shape index (κ2) is 3.81. The van der Waals surface area contributed by atoms with Crippen LogP contribution in [0.3, 0.4) is 0 Å². The lowest BCUT2D eigenvalue weighted by Crippen LogP contribution is -2.30. The zero-order chi connectivity index (χ0) is 11.9. The van der Waals surface area contributed by atoms with Crippen LogP contribution in [0.25, 0.3) is 0 Å². The predicted octanol–water partition coefficient (Wildman–Crippen LogP) is 2.37. The molecule has 16 heavy (non-hydrogen) atoms. The summed E-state index contributed by atoms with van der Waals surface area (Å²) in [5.74, 6) is 0.904. The van der Waals surface area contributed by atoms with Crippen molar-refractivity contribution in [2.75, 3.05) is 7.11 Å². The Bertz CT molecular complexity index is 438. The van der Waals surface area contributed by atoms with Gasteiger partial charge in [0.1, 0.15) is 5.75 Å². The molecule has 0 bridgehead atoms. The lowest BCUT2D eigenvalue weighted by molar-refractivity contribution is 0.0730. The van der Waals surface area contributed by atoms with Gasteiger partial charge in [0.25, 0.3) is 5.91 Å². The number of hydrogen-bond acceptors (Lipinski definition) is 2. The van der Waals surface area contributed by atoms with Crippen molar-refractivity contribution in [2.45, 2.75) is 33.4 Å². The fourth-order valence-corrected chi connectivity index (χ4v) is 2.12. The monoisotopic (exact) mass is 219 g/mol. The van der Waals surface area contributed by atoms with Crippen LogP contribution in [0, 0.1) is 6.92 Å². The number of aryl methyl sites for hydroxylation is 1. The molecule has 2 rings (SSSR count). The van der Waals surface area contributed by atoms with Crippen molar-refractivity contribution in [1.82, 2.24) is 4.90 Å². The second-order valence-electron chi connectivity index (χ2n) is 4.51. The number of hydrogen-bond donors (Lipinski definition) is 0. The van der Waals surface area contributed by atoms with E-state index in [4.69, 9.17) is 4.74 Å².